The van der Waals surface area contributed by atoms with E-state index in [1.54, 1.807) is 32.9 Å². The minimum atomic E-state index is -4.78. The second-order valence-corrected chi connectivity index (χ2v) is 10.1. The topological polar surface area (TPSA) is 112 Å². The predicted molar refractivity (Wildman–Crippen MR) is 140 cm³/mol. The highest BCUT2D eigenvalue weighted by atomic mass is 32.1. The molecule has 1 aliphatic carbocycles. The molecule has 0 atom stereocenters. The molecule has 0 saturated carbocycles. The minimum absolute atomic E-state index is 0.00332. The Balaban J connectivity index is 1.62. The van der Waals surface area contributed by atoms with E-state index in [4.69, 9.17) is 9.47 Å². The fourth-order valence-electron chi connectivity index (χ4n) is 4.76. The Kier molecular flexibility index (Phi) is 7.08. The van der Waals surface area contributed by atoms with Crippen LogP contribution < -0.4 is 5.32 Å². The molecule has 40 heavy (non-hydrogen) atoms. The van der Waals surface area contributed by atoms with Gasteiger partial charge in [-0.2, -0.15) is 18.3 Å². The Bertz CT molecular complexity index is 1670. The fourth-order valence-corrected chi connectivity index (χ4v) is 5.75. The number of benzene rings is 1. The Morgan fingerprint density at radius 3 is 2.48 bits per heavy atom. The van der Waals surface area contributed by atoms with Crippen LogP contribution in [0.25, 0.3) is 16.9 Å². The molecule has 3 heterocycles. The maximum absolute atomic E-state index is 14.4. The summed E-state index contributed by atoms with van der Waals surface area (Å²) >= 11 is 0.925. The standard InChI is InChI=1S/C27H23F3N4O5S/c1-4-38-25(36)19-13(3)40-22(26(37)39-5-2)21(19)32-24(35)17-12-18-31-20-15-9-7-6-8-14(15)10-11-16(20)23(27(28,29)30)34(18)33-17/h6-9,12H,4-5,10-11H2,1-3H3,(H,32,35). The van der Waals surface area contributed by atoms with Gasteiger partial charge in [-0.25, -0.2) is 19.1 Å². The third-order valence-electron chi connectivity index (χ3n) is 6.38. The Hall–Kier alpha value is -4.26. The number of carbonyl (C=O) groups excluding carboxylic acids is 3. The van der Waals surface area contributed by atoms with Crippen LogP contribution in [0.5, 0.6) is 0 Å². The van der Waals surface area contributed by atoms with Crippen molar-refractivity contribution < 1.29 is 37.0 Å². The molecule has 208 valence electrons. The number of hydrogen-bond donors (Lipinski definition) is 1. The number of nitrogens with zero attached hydrogens (tertiary/aromatic N) is 3. The molecule has 0 bridgehead atoms. The molecule has 5 rings (SSSR count). The van der Waals surface area contributed by atoms with Gasteiger partial charge in [-0.15, -0.1) is 11.3 Å². The molecule has 4 aromatic rings. The lowest BCUT2D eigenvalue weighted by Gasteiger charge is -2.23. The number of halogens is 3. The van der Waals surface area contributed by atoms with Crippen molar-refractivity contribution >= 4 is 40.5 Å². The summed E-state index contributed by atoms with van der Waals surface area (Å²) in [6.45, 7) is 4.86. The van der Waals surface area contributed by atoms with Crippen molar-refractivity contribution in [1.29, 1.82) is 0 Å². The van der Waals surface area contributed by atoms with Gasteiger partial charge in [0.25, 0.3) is 5.91 Å². The van der Waals surface area contributed by atoms with E-state index in [-0.39, 0.29) is 58.4 Å². The zero-order chi connectivity index (χ0) is 28.8. The lowest BCUT2D eigenvalue weighted by molar-refractivity contribution is -0.143. The normalized spacial score (nSPS) is 12.6. The third kappa shape index (κ3) is 4.70. The van der Waals surface area contributed by atoms with Gasteiger partial charge in [0.15, 0.2) is 17.0 Å². The van der Waals surface area contributed by atoms with Gasteiger partial charge >= 0.3 is 18.1 Å². The molecular weight excluding hydrogens is 549 g/mol. The van der Waals surface area contributed by atoms with Crippen molar-refractivity contribution in [3.63, 3.8) is 0 Å². The molecule has 1 amide bonds. The van der Waals surface area contributed by atoms with Crippen LogP contribution in [0.2, 0.25) is 0 Å². The van der Waals surface area contributed by atoms with Gasteiger partial charge in [0.05, 0.1) is 30.2 Å². The molecule has 0 aliphatic heterocycles. The maximum atomic E-state index is 14.4. The van der Waals surface area contributed by atoms with E-state index in [9.17, 15) is 27.6 Å². The second-order valence-electron chi connectivity index (χ2n) is 8.87. The van der Waals surface area contributed by atoms with Crippen LogP contribution in [0.4, 0.5) is 18.9 Å². The summed E-state index contributed by atoms with van der Waals surface area (Å²) in [7, 11) is 0. The summed E-state index contributed by atoms with van der Waals surface area (Å²) in [5.74, 6) is -2.49. The van der Waals surface area contributed by atoms with Crippen LogP contribution in [0, 0.1) is 6.92 Å². The molecule has 1 N–H and O–H groups in total. The van der Waals surface area contributed by atoms with Gasteiger partial charge in [0.2, 0.25) is 0 Å². The molecule has 1 aliphatic rings. The summed E-state index contributed by atoms with van der Waals surface area (Å²) < 4.78 is 53.9. The van der Waals surface area contributed by atoms with Gasteiger partial charge < -0.3 is 14.8 Å². The summed E-state index contributed by atoms with van der Waals surface area (Å²) in [6.07, 6.45) is -4.28. The number of fused-ring (bicyclic) bond motifs is 4. The number of nitrogens with one attached hydrogen (secondary N) is 1. The maximum Gasteiger partial charge on any atom is 0.433 e. The third-order valence-corrected chi connectivity index (χ3v) is 7.47. The predicted octanol–water partition coefficient (Wildman–Crippen LogP) is 5.49. The number of hydrogen-bond acceptors (Lipinski definition) is 8. The van der Waals surface area contributed by atoms with Crippen molar-refractivity contribution in [1.82, 2.24) is 14.6 Å². The highest BCUT2D eigenvalue weighted by molar-refractivity contribution is 7.15. The largest absolute Gasteiger partial charge is 0.462 e. The fraction of sp³-hybridized carbons (Fsp3) is 0.296. The first kappa shape index (κ1) is 27.3. The molecule has 1 aromatic carbocycles. The number of esters is 2. The van der Waals surface area contributed by atoms with Crippen molar-refractivity contribution in [2.75, 3.05) is 18.5 Å². The van der Waals surface area contributed by atoms with Gasteiger partial charge in [-0.1, -0.05) is 24.3 Å². The monoisotopic (exact) mass is 572 g/mol. The average Bonchev–Trinajstić information content (AvgIpc) is 3.47. The molecule has 0 spiro atoms. The zero-order valence-corrected chi connectivity index (χ0v) is 22.5. The molecule has 13 heteroatoms. The first-order valence-corrected chi connectivity index (χ1v) is 13.2. The lowest BCUT2D eigenvalue weighted by Crippen LogP contribution is -2.21. The van der Waals surface area contributed by atoms with Crippen LogP contribution in [0.15, 0.2) is 30.3 Å². The summed E-state index contributed by atoms with van der Waals surface area (Å²) in [5.41, 5.74) is -0.113. The molecule has 0 saturated heterocycles. The molecule has 9 nitrogen and oxygen atoms in total. The summed E-state index contributed by atoms with van der Waals surface area (Å²) in [5, 5.41) is 6.45. The van der Waals surface area contributed by atoms with Crippen molar-refractivity contribution in [2.24, 2.45) is 0 Å². The Labute approximate surface area is 229 Å². The average molecular weight is 573 g/mol. The van der Waals surface area contributed by atoms with Gasteiger partial charge in [-0.05, 0) is 39.2 Å². The highest BCUT2D eigenvalue weighted by Gasteiger charge is 2.40. The van der Waals surface area contributed by atoms with Crippen molar-refractivity contribution in [3.8, 4) is 11.3 Å². The van der Waals surface area contributed by atoms with Crippen molar-refractivity contribution in [3.05, 3.63) is 68.2 Å². The van der Waals surface area contributed by atoms with Crippen LogP contribution in [0.3, 0.4) is 0 Å². The van der Waals surface area contributed by atoms with Crippen LogP contribution in [-0.4, -0.2) is 45.7 Å². The van der Waals surface area contributed by atoms with E-state index < -0.39 is 29.7 Å². The molecular formula is C27H23F3N4O5S. The molecule has 0 radical (unpaired) electrons. The van der Waals surface area contributed by atoms with E-state index in [0.29, 0.717) is 21.4 Å². The van der Waals surface area contributed by atoms with E-state index in [0.717, 1.165) is 23.0 Å². The van der Waals surface area contributed by atoms with Crippen LogP contribution in [-0.2, 0) is 28.5 Å². The second kappa shape index (κ2) is 10.4. The lowest BCUT2D eigenvalue weighted by atomic mass is 9.88. The van der Waals surface area contributed by atoms with E-state index in [1.165, 1.54) is 0 Å². The number of aryl methyl sites for hydroxylation is 2. The summed E-state index contributed by atoms with van der Waals surface area (Å²) in [6, 6.07) is 8.24. The van der Waals surface area contributed by atoms with E-state index in [1.807, 2.05) is 12.1 Å². The number of alkyl halides is 3. The van der Waals surface area contributed by atoms with E-state index >= 15 is 0 Å². The zero-order valence-electron chi connectivity index (χ0n) is 21.6. The Morgan fingerprint density at radius 1 is 1.07 bits per heavy atom. The van der Waals surface area contributed by atoms with Gasteiger partial charge in [0.1, 0.15) is 4.88 Å². The minimum Gasteiger partial charge on any atom is -0.462 e. The quantitative estimate of drug-likeness (QED) is 0.304. The van der Waals surface area contributed by atoms with Crippen molar-refractivity contribution in [2.45, 2.75) is 39.8 Å². The number of anilines is 1. The van der Waals surface area contributed by atoms with Gasteiger partial charge in [-0.3, -0.25) is 4.79 Å². The Morgan fingerprint density at radius 2 is 1.77 bits per heavy atom. The van der Waals surface area contributed by atoms with Crippen LogP contribution in [0.1, 0.15) is 66.1 Å². The first-order valence-electron chi connectivity index (χ1n) is 12.4. The number of aromatic nitrogens is 3. The first-order chi connectivity index (χ1) is 19.0. The number of amides is 1. The van der Waals surface area contributed by atoms with Crippen LogP contribution >= 0.6 is 11.3 Å². The SMILES string of the molecule is CCOC(=O)c1sc(C)c(C(=O)OCC)c1NC(=O)c1cc2nc3c(c(C(F)(F)F)n2n1)CCc1ccccc1-3. The number of ether oxygens (including phenoxy) is 2. The van der Waals surface area contributed by atoms with E-state index in [2.05, 4.69) is 15.4 Å². The highest BCUT2D eigenvalue weighted by Crippen LogP contribution is 2.41. The van der Waals surface area contributed by atoms with Gasteiger partial charge in [0, 0.05) is 22.1 Å². The molecule has 3 aromatic heterocycles. The number of carbonyl (C=O) groups is 3. The smallest absolute Gasteiger partial charge is 0.433 e. The molecule has 0 unspecified atom stereocenters. The number of thiophene rings is 1. The molecule has 0 fully saturated rings. The number of rotatable bonds is 6. The summed E-state index contributed by atoms with van der Waals surface area (Å²) in [4.78, 5) is 43.4.